The maximum Gasteiger partial charge on any atom is 0.130 e. The van der Waals surface area contributed by atoms with Gasteiger partial charge in [0, 0.05) is 10.9 Å². The van der Waals surface area contributed by atoms with E-state index in [1.165, 1.54) is 0 Å². The van der Waals surface area contributed by atoms with Gasteiger partial charge in [-0.25, -0.2) is 0 Å². The average Bonchev–Trinajstić information content (AvgIpc) is 2.23. The molecule has 0 saturated carbocycles. The summed E-state index contributed by atoms with van der Waals surface area (Å²) in [5.74, 6) is 0.362. The summed E-state index contributed by atoms with van der Waals surface area (Å²) in [5, 5.41) is 11.9. The summed E-state index contributed by atoms with van der Waals surface area (Å²) in [6.07, 6.45) is 3.82. The van der Waals surface area contributed by atoms with E-state index in [2.05, 4.69) is 0 Å². The number of phenolic OH excluding ortho intramolecular Hbond substituents is 1. The van der Waals surface area contributed by atoms with E-state index in [9.17, 15) is 5.11 Å². The van der Waals surface area contributed by atoms with Gasteiger partial charge in [0.1, 0.15) is 5.75 Å². The molecule has 0 bridgehead atoms. The van der Waals surface area contributed by atoms with Crippen molar-refractivity contribution in [2.75, 3.05) is 0 Å². The van der Waals surface area contributed by atoms with Gasteiger partial charge in [-0.3, -0.25) is 0 Å². The van der Waals surface area contributed by atoms with Crippen LogP contribution in [0.1, 0.15) is 12.5 Å². The summed E-state index contributed by atoms with van der Waals surface area (Å²) in [7, 11) is 0. The van der Waals surface area contributed by atoms with Crippen LogP contribution in [-0.2, 0) is 0 Å². The van der Waals surface area contributed by atoms with Gasteiger partial charge in [0.05, 0.1) is 0 Å². The van der Waals surface area contributed by atoms with E-state index in [0.29, 0.717) is 5.75 Å². The summed E-state index contributed by atoms with van der Waals surface area (Å²) in [5.41, 5.74) is 0.867. The monoisotopic (exact) mass is 184 g/mol. The van der Waals surface area contributed by atoms with Gasteiger partial charge in [-0.1, -0.05) is 48.6 Å². The van der Waals surface area contributed by atoms with Crippen molar-refractivity contribution in [2.24, 2.45) is 0 Å². The molecule has 2 rings (SSSR count). The highest BCUT2D eigenvalue weighted by molar-refractivity contribution is 5.91. The second-order valence-corrected chi connectivity index (χ2v) is 3.22. The van der Waals surface area contributed by atoms with Crippen LogP contribution in [0, 0.1) is 0 Å². The van der Waals surface area contributed by atoms with Gasteiger partial charge < -0.3 is 5.11 Å². The smallest absolute Gasteiger partial charge is 0.130 e. The molecule has 0 aliphatic heterocycles. The van der Waals surface area contributed by atoms with Gasteiger partial charge in [-0.15, -0.1) is 0 Å². The van der Waals surface area contributed by atoms with Gasteiger partial charge in [0.2, 0.25) is 0 Å². The van der Waals surface area contributed by atoms with Crippen LogP contribution in [0.2, 0.25) is 0 Å². The van der Waals surface area contributed by atoms with Crippen molar-refractivity contribution >= 4 is 16.8 Å². The van der Waals surface area contributed by atoms with Gasteiger partial charge in [0.15, 0.2) is 0 Å². The van der Waals surface area contributed by atoms with Crippen LogP contribution in [0.3, 0.4) is 0 Å². The molecule has 0 spiro atoms. The molecular weight excluding hydrogens is 172 g/mol. The molecule has 0 fully saturated rings. The summed E-state index contributed by atoms with van der Waals surface area (Å²) in [6.45, 7) is 1.94. The number of phenols is 1. The largest absolute Gasteiger partial charge is 0.507 e. The lowest BCUT2D eigenvalue weighted by molar-refractivity contribution is 0.480. The summed E-state index contributed by atoms with van der Waals surface area (Å²) in [4.78, 5) is 0. The molecule has 2 aromatic rings. The van der Waals surface area contributed by atoms with Crippen LogP contribution in [0.25, 0.3) is 16.8 Å². The van der Waals surface area contributed by atoms with Crippen LogP contribution in [0.15, 0.2) is 42.5 Å². The average molecular weight is 184 g/mol. The normalized spacial score (nSPS) is 11.2. The highest BCUT2D eigenvalue weighted by atomic mass is 16.3. The van der Waals surface area contributed by atoms with Crippen molar-refractivity contribution in [3.05, 3.63) is 48.0 Å². The first-order valence-electron chi connectivity index (χ1n) is 4.66. The molecule has 14 heavy (non-hydrogen) atoms. The molecule has 1 N–H and O–H groups in total. The molecule has 0 amide bonds. The molecule has 0 saturated heterocycles. The lowest BCUT2D eigenvalue weighted by atomic mass is 10.1. The van der Waals surface area contributed by atoms with E-state index < -0.39 is 0 Å². The highest BCUT2D eigenvalue weighted by Gasteiger charge is 2.02. The van der Waals surface area contributed by atoms with Crippen molar-refractivity contribution in [1.29, 1.82) is 0 Å². The Balaban J connectivity index is 2.75. The number of benzene rings is 2. The van der Waals surface area contributed by atoms with Crippen LogP contribution in [-0.4, -0.2) is 5.11 Å². The molecule has 0 radical (unpaired) electrons. The first kappa shape index (κ1) is 8.82. The Morgan fingerprint density at radius 1 is 1.07 bits per heavy atom. The minimum Gasteiger partial charge on any atom is -0.507 e. The zero-order valence-electron chi connectivity index (χ0n) is 8.07. The second-order valence-electron chi connectivity index (χ2n) is 3.22. The topological polar surface area (TPSA) is 20.2 Å². The quantitative estimate of drug-likeness (QED) is 0.718. The maximum atomic E-state index is 9.93. The van der Waals surface area contributed by atoms with Crippen molar-refractivity contribution in [2.45, 2.75) is 6.92 Å². The summed E-state index contributed by atoms with van der Waals surface area (Å²) in [6, 6.07) is 11.8. The van der Waals surface area contributed by atoms with Crippen molar-refractivity contribution in [3.63, 3.8) is 0 Å². The van der Waals surface area contributed by atoms with Crippen molar-refractivity contribution in [3.8, 4) is 5.75 Å². The predicted molar refractivity (Wildman–Crippen MR) is 60.3 cm³/mol. The highest BCUT2D eigenvalue weighted by Crippen LogP contribution is 2.29. The molecule has 0 aliphatic rings. The number of rotatable bonds is 1. The summed E-state index contributed by atoms with van der Waals surface area (Å²) < 4.78 is 0. The molecule has 70 valence electrons. The Hall–Kier alpha value is -1.76. The third kappa shape index (κ3) is 1.37. The maximum absolute atomic E-state index is 9.93. The molecular formula is C13H12O. The van der Waals surface area contributed by atoms with E-state index in [4.69, 9.17) is 0 Å². The molecule has 0 aliphatic carbocycles. The summed E-state index contributed by atoms with van der Waals surface area (Å²) >= 11 is 0. The van der Waals surface area contributed by atoms with E-state index in [-0.39, 0.29) is 0 Å². The molecule has 0 heterocycles. The fourth-order valence-corrected chi connectivity index (χ4v) is 1.59. The standard InChI is InChI=1S/C13H12O/c1-2-5-11-9-8-10-6-3-4-7-12(10)13(11)14/h2-9,14H,1H3/b5-2-. The number of aromatic hydroxyl groups is 1. The molecule has 0 unspecified atom stereocenters. The van der Waals surface area contributed by atoms with Crippen LogP contribution in [0.5, 0.6) is 5.75 Å². The SMILES string of the molecule is C/C=C\c1ccc2ccccc2c1O. The Morgan fingerprint density at radius 3 is 2.64 bits per heavy atom. The Kier molecular flexibility index (Phi) is 2.23. The van der Waals surface area contributed by atoms with Crippen LogP contribution >= 0.6 is 0 Å². The van der Waals surface area contributed by atoms with E-state index in [1.807, 2.05) is 55.5 Å². The third-order valence-electron chi connectivity index (χ3n) is 2.28. The fraction of sp³-hybridized carbons (Fsp3) is 0.0769. The van der Waals surface area contributed by atoms with E-state index >= 15 is 0 Å². The fourth-order valence-electron chi connectivity index (χ4n) is 1.59. The van der Waals surface area contributed by atoms with Gasteiger partial charge >= 0.3 is 0 Å². The molecule has 0 aromatic heterocycles. The van der Waals surface area contributed by atoms with Gasteiger partial charge in [-0.2, -0.15) is 0 Å². The Morgan fingerprint density at radius 2 is 1.86 bits per heavy atom. The zero-order valence-corrected chi connectivity index (χ0v) is 8.07. The minimum absolute atomic E-state index is 0.362. The molecule has 1 heteroatoms. The number of allylic oxidation sites excluding steroid dienone is 1. The van der Waals surface area contributed by atoms with Gasteiger partial charge in [-0.05, 0) is 12.3 Å². The predicted octanol–water partition coefficient (Wildman–Crippen LogP) is 3.58. The first-order chi connectivity index (χ1) is 6.83. The number of hydrogen-bond acceptors (Lipinski definition) is 1. The molecule has 2 aromatic carbocycles. The van der Waals surface area contributed by atoms with E-state index in [0.717, 1.165) is 16.3 Å². The lowest BCUT2D eigenvalue weighted by Gasteiger charge is -2.03. The minimum atomic E-state index is 0.362. The Bertz CT molecular complexity index is 484. The van der Waals surface area contributed by atoms with Gasteiger partial charge in [0.25, 0.3) is 0 Å². The van der Waals surface area contributed by atoms with Crippen LogP contribution in [0.4, 0.5) is 0 Å². The first-order valence-corrected chi connectivity index (χ1v) is 4.66. The number of hydrogen-bond donors (Lipinski definition) is 1. The van der Waals surface area contributed by atoms with Crippen molar-refractivity contribution < 1.29 is 5.11 Å². The Labute approximate surface area is 83.3 Å². The molecule has 0 atom stereocenters. The lowest BCUT2D eigenvalue weighted by Crippen LogP contribution is -1.78. The third-order valence-corrected chi connectivity index (χ3v) is 2.28. The molecule has 1 nitrogen and oxygen atoms in total. The van der Waals surface area contributed by atoms with Crippen molar-refractivity contribution in [1.82, 2.24) is 0 Å². The van der Waals surface area contributed by atoms with Crippen LogP contribution < -0.4 is 0 Å². The van der Waals surface area contributed by atoms with E-state index in [1.54, 1.807) is 0 Å². The number of fused-ring (bicyclic) bond motifs is 1. The second kappa shape index (κ2) is 3.54. The zero-order chi connectivity index (χ0) is 9.97.